The molecule has 15 heavy (non-hydrogen) atoms. The Morgan fingerprint density at radius 2 is 2.20 bits per heavy atom. The first-order valence-corrected chi connectivity index (χ1v) is 4.51. The standard InChI is InChI=1S/C10H10N2O3/c13-10(9-7-15-11-9)12-14-6-8-4-2-1-3-5-8/h1-5H,6-7H2,(H,12,13). The van der Waals surface area contributed by atoms with E-state index < -0.39 is 0 Å². The van der Waals surface area contributed by atoms with E-state index in [-0.39, 0.29) is 12.5 Å². The molecule has 5 heteroatoms. The molecular weight excluding hydrogens is 196 g/mol. The van der Waals surface area contributed by atoms with Crippen LogP contribution in [0.15, 0.2) is 35.5 Å². The molecule has 0 saturated heterocycles. The zero-order valence-electron chi connectivity index (χ0n) is 7.97. The van der Waals surface area contributed by atoms with E-state index in [1.807, 2.05) is 30.3 Å². The summed E-state index contributed by atoms with van der Waals surface area (Å²) in [6.07, 6.45) is 0. The van der Waals surface area contributed by atoms with E-state index in [0.29, 0.717) is 12.3 Å². The highest BCUT2D eigenvalue weighted by atomic mass is 16.7. The van der Waals surface area contributed by atoms with Crippen LogP contribution in [0.25, 0.3) is 0 Å². The third-order valence-corrected chi connectivity index (χ3v) is 1.88. The lowest BCUT2D eigenvalue weighted by Gasteiger charge is -2.12. The third kappa shape index (κ3) is 2.54. The summed E-state index contributed by atoms with van der Waals surface area (Å²) in [5, 5.41) is 3.42. The van der Waals surface area contributed by atoms with Crippen molar-refractivity contribution in [3.63, 3.8) is 0 Å². The maximum absolute atomic E-state index is 11.2. The van der Waals surface area contributed by atoms with Crippen molar-refractivity contribution in [2.75, 3.05) is 6.61 Å². The molecule has 1 aromatic carbocycles. The van der Waals surface area contributed by atoms with Crippen molar-refractivity contribution in [3.05, 3.63) is 35.9 Å². The largest absolute Gasteiger partial charge is 0.388 e. The number of benzene rings is 1. The Morgan fingerprint density at radius 1 is 1.47 bits per heavy atom. The van der Waals surface area contributed by atoms with Crippen molar-refractivity contribution >= 4 is 11.6 Å². The topological polar surface area (TPSA) is 59.9 Å². The van der Waals surface area contributed by atoms with E-state index in [2.05, 4.69) is 15.5 Å². The molecule has 1 aliphatic rings. The van der Waals surface area contributed by atoms with Crippen LogP contribution in [0, 0.1) is 0 Å². The van der Waals surface area contributed by atoms with Crippen LogP contribution in [0.5, 0.6) is 0 Å². The highest BCUT2D eigenvalue weighted by molar-refractivity contribution is 6.40. The molecule has 0 fully saturated rings. The average molecular weight is 206 g/mol. The minimum absolute atomic E-state index is 0.251. The van der Waals surface area contributed by atoms with Crippen LogP contribution in [-0.4, -0.2) is 18.2 Å². The summed E-state index contributed by atoms with van der Waals surface area (Å²) < 4.78 is 0. The number of nitrogens with zero attached hydrogens (tertiary/aromatic N) is 1. The van der Waals surface area contributed by atoms with E-state index in [1.165, 1.54) is 0 Å². The molecule has 0 spiro atoms. The molecule has 0 radical (unpaired) electrons. The Labute approximate surface area is 86.6 Å². The normalized spacial score (nSPS) is 13.5. The van der Waals surface area contributed by atoms with Crippen molar-refractivity contribution < 1.29 is 14.5 Å². The van der Waals surface area contributed by atoms with Crippen LogP contribution in [-0.2, 0) is 21.1 Å². The molecule has 0 saturated carbocycles. The molecule has 1 N–H and O–H groups in total. The number of hydroxylamine groups is 1. The smallest absolute Gasteiger partial charge is 0.296 e. The van der Waals surface area contributed by atoms with Crippen molar-refractivity contribution in [1.82, 2.24) is 5.48 Å². The fourth-order valence-corrected chi connectivity index (χ4v) is 1.05. The molecule has 0 atom stereocenters. The summed E-state index contributed by atoms with van der Waals surface area (Å²) in [5.41, 5.74) is 3.62. The zero-order valence-corrected chi connectivity index (χ0v) is 7.97. The summed E-state index contributed by atoms with van der Waals surface area (Å²) in [4.78, 5) is 20.7. The van der Waals surface area contributed by atoms with Gasteiger partial charge in [-0.1, -0.05) is 35.5 Å². The average Bonchev–Trinajstić information content (AvgIpc) is 2.16. The predicted octanol–water partition coefficient (Wildman–Crippen LogP) is 0.621. The summed E-state index contributed by atoms with van der Waals surface area (Å²) in [7, 11) is 0. The Balaban J connectivity index is 1.73. The van der Waals surface area contributed by atoms with Crippen LogP contribution in [0.1, 0.15) is 5.56 Å². The van der Waals surface area contributed by atoms with Gasteiger partial charge in [-0.25, -0.2) is 5.48 Å². The molecule has 1 aliphatic heterocycles. The molecule has 0 aromatic heterocycles. The van der Waals surface area contributed by atoms with Gasteiger partial charge in [-0.3, -0.25) is 9.63 Å². The number of oxime groups is 1. The minimum atomic E-state index is -0.350. The fraction of sp³-hybridized carbons (Fsp3) is 0.200. The highest BCUT2D eigenvalue weighted by Gasteiger charge is 2.19. The van der Waals surface area contributed by atoms with Crippen LogP contribution < -0.4 is 5.48 Å². The predicted molar refractivity (Wildman–Crippen MR) is 52.8 cm³/mol. The Hall–Kier alpha value is -1.88. The molecule has 1 heterocycles. The molecule has 5 nitrogen and oxygen atoms in total. The Morgan fingerprint density at radius 3 is 2.80 bits per heavy atom. The summed E-state index contributed by atoms with van der Waals surface area (Å²) in [6, 6.07) is 9.56. The van der Waals surface area contributed by atoms with E-state index in [4.69, 9.17) is 4.84 Å². The first-order valence-electron chi connectivity index (χ1n) is 4.51. The van der Waals surface area contributed by atoms with Gasteiger partial charge in [-0.05, 0) is 5.56 Å². The number of nitrogens with one attached hydrogen (secondary N) is 1. The highest BCUT2D eigenvalue weighted by Crippen LogP contribution is 2.00. The summed E-state index contributed by atoms with van der Waals surface area (Å²) >= 11 is 0. The molecule has 2 rings (SSSR count). The number of hydrogen-bond donors (Lipinski definition) is 1. The molecule has 78 valence electrons. The van der Waals surface area contributed by atoms with E-state index in [1.54, 1.807) is 0 Å². The second-order valence-corrected chi connectivity index (χ2v) is 3.02. The minimum Gasteiger partial charge on any atom is -0.388 e. The van der Waals surface area contributed by atoms with Gasteiger partial charge in [-0.15, -0.1) is 0 Å². The number of hydrogen-bond acceptors (Lipinski definition) is 4. The van der Waals surface area contributed by atoms with Gasteiger partial charge >= 0.3 is 0 Å². The number of carbonyl (C=O) groups is 1. The van der Waals surface area contributed by atoms with Crippen molar-refractivity contribution in [1.29, 1.82) is 0 Å². The summed E-state index contributed by atoms with van der Waals surface area (Å²) in [5.74, 6) is -0.350. The van der Waals surface area contributed by atoms with Gasteiger partial charge in [0.25, 0.3) is 5.91 Å². The number of rotatable bonds is 4. The Kier molecular flexibility index (Phi) is 2.94. The SMILES string of the molecule is O=C(NOCc1ccccc1)C1=NOC1. The zero-order chi connectivity index (χ0) is 10.5. The lowest BCUT2D eigenvalue weighted by Crippen LogP contribution is -2.37. The molecule has 0 aliphatic carbocycles. The van der Waals surface area contributed by atoms with Crippen LogP contribution in [0.4, 0.5) is 0 Å². The van der Waals surface area contributed by atoms with Gasteiger partial charge in [0.05, 0.1) is 6.61 Å². The molecule has 1 amide bonds. The van der Waals surface area contributed by atoms with E-state index in [9.17, 15) is 4.79 Å². The lowest BCUT2D eigenvalue weighted by molar-refractivity contribution is -0.128. The second-order valence-electron chi connectivity index (χ2n) is 3.02. The summed E-state index contributed by atoms with van der Waals surface area (Å²) in [6.45, 7) is 0.585. The van der Waals surface area contributed by atoms with Gasteiger partial charge in [0.15, 0.2) is 12.3 Å². The van der Waals surface area contributed by atoms with Crippen molar-refractivity contribution in [3.8, 4) is 0 Å². The lowest BCUT2D eigenvalue weighted by atomic mass is 10.2. The van der Waals surface area contributed by atoms with Crippen LogP contribution >= 0.6 is 0 Å². The van der Waals surface area contributed by atoms with Gasteiger partial charge in [0, 0.05) is 0 Å². The maximum Gasteiger partial charge on any atom is 0.296 e. The van der Waals surface area contributed by atoms with Gasteiger partial charge in [-0.2, -0.15) is 0 Å². The Bertz CT molecular complexity index is 376. The van der Waals surface area contributed by atoms with Gasteiger partial charge in [0.2, 0.25) is 0 Å². The first-order chi connectivity index (χ1) is 7.36. The van der Waals surface area contributed by atoms with Crippen LogP contribution in [0.3, 0.4) is 0 Å². The molecule has 1 aromatic rings. The molecule has 0 bridgehead atoms. The van der Waals surface area contributed by atoms with Crippen molar-refractivity contribution in [2.24, 2.45) is 5.16 Å². The van der Waals surface area contributed by atoms with Gasteiger partial charge < -0.3 is 4.84 Å². The first kappa shape index (κ1) is 9.67. The monoisotopic (exact) mass is 206 g/mol. The quantitative estimate of drug-likeness (QED) is 0.734. The maximum atomic E-state index is 11.2. The molecular formula is C10H10N2O3. The third-order valence-electron chi connectivity index (χ3n) is 1.88. The van der Waals surface area contributed by atoms with Gasteiger partial charge in [0.1, 0.15) is 0 Å². The fourth-order valence-electron chi connectivity index (χ4n) is 1.05. The van der Waals surface area contributed by atoms with Crippen molar-refractivity contribution in [2.45, 2.75) is 6.61 Å². The molecule has 0 unspecified atom stereocenters. The van der Waals surface area contributed by atoms with E-state index >= 15 is 0 Å². The second kappa shape index (κ2) is 4.56. The number of amides is 1. The van der Waals surface area contributed by atoms with E-state index in [0.717, 1.165) is 5.56 Å². The number of carbonyl (C=O) groups excluding carboxylic acids is 1. The van der Waals surface area contributed by atoms with Crippen LogP contribution in [0.2, 0.25) is 0 Å².